The zero-order valence-electron chi connectivity index (χ0n) is 22.1. The van der Waals surface area contributed by atoms with Gasteiger partial charge in [0, 0.05) is 25.2 Å². The molecule has 206 valence electrons. The van der Waals surface area contributed by atoms with Crippen LogP contribution in [0.5, 0.6) is 11.5 Å². The van der Waals surface area contributed by atoms with Crippen LogP contribution in [0.3, 0.4) is 0 Å². The number of methoxy groups -OCH3 is 2. The maximum absolute atomic E-state index is 14.5. The number of rotatable bonds is 6. The first-order chi connectivity index (χ1) is 19.2. The van der Waals surface area contributed by atoms with Crippen LogP contribution in [0.25, 0.3) is 0 Å². The van der Waals surface area contributed by atoms with Gasteiger partial charge in [0.15, 0.2) is 0 Å². The van der Waals surface area contributed by atoms with Crippen molar-refractivity contribution in [3.63, 3.8) is 0 Å². The largest absolute Gasteiger partial charge is 0.510 e. The van der Waals surface area contributed by atoms with Crippen molar-refractivity contribution in [1.82, 2.24) is 9.88 Å². The number of nitrogens with zero attached hydrogens (tertiary/aromatic N) is 3. The van der Waals surface area contributed by atoms with E-state index in [4.69, 9.17) is 21.1 Å². The van der Waals surface area contributed by atoms with Crippen LogP contribution < -0.4 is 9.47 Å². The number of hydrogen-bond donors (Lipinski definition) is 1. The Balaban J connectivity index is 1.58. The highest BCUT2D eigenvalue weighted by atomic mass is 35.5. The number of carbonyl (C=O) groups is 2. The minimum absolute atomic E-state index is 0.117. The number of ether oxygens (including phenoxy) is 2. The van der Waals surface area contributed by atoms with Crippen LogP contribution >= 0.6 is 11.6 Å². The number of aliphatic imine (C=N–C) groups is 1. The summed E-state index contributed by atoms with van der Waals surface area (Å²) in [6.07, 6.45) is 1.79. The molecule has 5 rings (SSSR count). The van der Waals surface area contributed by atoms with Gasteiger partial charge in [0.2, 0.25) is 0 Å². The van der Waals surface area contributed by atoms with E-state index in [1.807, 2.05) is 25.1 Å². The molecule has 2 amide bonds. The number of aromatic nitrogens is 1. The molecule has 3 heterocycles. The average Bonchev–Trinajstić information content (AvgIpc) is 3.42. The summed E-state index contributed by atoms with van der Waals surface area (Å²) in [5.41, 5.74) is 1.97. The van der Waals surface area contributed by atoms with Crippen molar-refractivity contribution < 1.29 is 28.6 Å². The number of hydrogen-bond acceptors (Lipinski definition) is 6. The molecule has 1 aromatic heterocycles. The predicted molar refractivity (Wildman–Crippen MR) is 148 cm³/mol. The standard InChI is InChI=1S/C30H27ClFN3O5/c1-16-6-4-7-17(12-16)27-24(23-21(39-2)8-5-9-22(23)40-3)28(36)25(29(37)34-27)30(38)35-11-10-18(15-35)26-20(32)13-19(31)14-33-26/h4-9,12-14,18,24,36H,10-11,15H2,1-3H3. The van der Waals surface area contributed by atoms with Crippen LogP contribution in [-0.4, -0.2) is 59.8 Å². The zero-order valence-corrected chi connectivity index (χ0v) is 22.9. The fourth-order valence-electron chi connectivity index (χ4n) is 5.34. The van der Waals surface area contributed by atoms with E-state index in [9.17, 15) is 19.1 Å². The van der Waals surface area contributed by atoms with E-state index < -0.39 is 34.9 Å². The highest BCUT2D eigenvalue weighted by molar-refractivity contribution is 6.30. The number of carbonyl (C=O) groups excluding carboxylic acids is 2. The molecule has 1 fully saturated rings. The van der Waals surface area contributed by atoms with Gasteiger partial charge in [-0.2, -0.15) is 0 Å². The Morgan fingerprint density at radius 1 is 1.12 bits per heavy atom. The Labute approximate surface area is 235 Å². The molecule has 40 heavy (non-hydrogen) atoms. The highest BCUT2D eigenvalue weighted by Crippen LogP contribution is 2.43. The molecular formula is C30H27ClFN3O5. The van der Waals surface area contributed by atoms with Crippen molar-refractivity contribution in [2.75, 3.05) is 27.3 Å². The van der Waals surface area contributed by atoms with Gasteiger partial charge in [0.25, 0.3) is 11.8 Å². The van der Waals surface area contributed by atoms with Gasteiger partial charge in [-0.3, -0.25) is 14.6 Å². The monoisotopic (exact) mass is 563 g/mol. The first-order valence-corrected chi connectivity index (χ1v) is 13.1. The van der Waals surface area contributed by atoms with Gasteiger partial charge in [-0.05, 0) is 37.1 Å². The lowest BCUT2D eigenvalue weighted by Crippen LogP contribution is -2.37. The van der Waals surface area contributed by atoms with E-state index >= 15 is 0 Å². The van der Waals surface area contributed by atoms with Gasteiger partial charge in [0.05, 0.1) is 42.1 Å². The van der Waals surface area contributed by atoms with Crippen LogP contribution in [0, 0.1) is 12.7 Å². The van der Waals surface area contributed by atoms with Crippen molar-refractivity contribution in [1.29, 1.82) is 0 Å². The third-order valence-electron chi connectivity index (χ3n) is 7.22. The molecule has 2 aliphatic rings. The second-order valence-corrected chi connectivity index (χ2v) is 10.1. The van der Waals surface area contributed by atoms with Crippen molar-refractivity contribution in [3.8, 4) is 11.5 Å². The topological polar surface area (TPSA) is 101 Å². The number of amides is 2. The van der Waals surface area contributed by atoms with E-state index in [1.54, 1.807) is 24.3 Å². The van der Waals surface area contributed by atoms with Crippen LogP contribution in [0.2, 0.25) is 5.02 Å². The zero-order chi connectivity index (χ0) is 28.6. The van der Waals surface area contributed by atoms with Crippen molar-refractivity contribution in [2.24, 2.45) is 4.99 Å². The third kappa shape index (κ3) is 4.93. The second-order valence-electron chi connectivity index (χ2n) is 9.70. The SMILES string of the molecule is COc1cccc(OC)c1C1C(c2cccc(C)c2)=NC(=O)C(C(=O)N2CCC(c3ncc(Cl)cc3F)C2)=C1O. The maximum atomic E-state index is 14.5. The van der Waals surface area contributed by atoms with Gasteiger partial charge < -0.3 is 19.5 Å². The smallest absolute Gasteiger partial charge is 0.286 e. The summed E-state index contributed by atoms with van der Waals surface area (Å²) >= 11 is 5.84. The summed E-state index contributed by atoms with van der Waals surface area (Å²) in [6, 6.07) is 13.7. The second kappa shape index (κ2) is 11.1. The van der Waals surface area contributed by atoms with E-state index in [0.29, 0.717) is 29.0 Å². The molecule has 1 saturated heterocycles. The summed E-state index contributed by atoms with van der Waals surface area (Å²) in [6.45, 7) is 2.26. The van der Waals surface area contributed by atoms with E-state index in [2.05, 4.69) is 9.98 Å². The fourth-order valence-corrected chi connectivity index (χ4v) is 5.48. The molecule has 0 aliphatic carbocycles. The summed E-state index contributed by atoms with van der Waals surface area (Å²) in [7, 11) is 2.97. The number of likely N-dealkylation sites (tertiary alicyclic amines) is 1. The van der Waals surface area contributed by atoms with E-state index in [-0.39, 0.29) is 35.4 Å². The molecule has 0 spiro atoms. The molecule has 0 bridgehead atoms. The Hall–Kier alpha value is -4.24. The number of aryl methyl sites for hydroxylation is 1. The molecule has 8 nitrogen and oxygen atoms in total. The lowest BCUT2D eigenvalue weighted by Gasteiger charge is -2.28. The summed E-state index contributed by atoms with van der Waals surface area (Å²) in [5.74, 6) is -3.20. The maximum Gasteiger partial charge on any atom is 0.286 e. The lowest BCUT2D eigenvalue weighted by atomic mass is 9.82. The summed E-state index contributed by atoms with van der Waals surface area (Å²) in [5, 5.41) is 11.9. The molecule has 3 aromatic rings. The number of allylic oxidation sites excluding steroid dienone is 1. The van der Waals surface area contributed by atoms with Gasteiger partial charge in [-0.25, -0.2) is 9.38 Å². The number of halogens is 2. The summed E-state index contributed by atoms with van der Waals surface area (Å²) < 4.78 is 25.7. The van der Waals surface area contributed by atoms with Crippen molar-refractivity contribution >= 4 is 29.1 Å². The van der Waals surface area contributed by atoms with Gasteiger partial charge >= 0.3 is 0 Å². The molecule has 2 aliphatic heterocycles. The van der Waals surface area contributed by atoms with Crippen LogP contribution in [0.15, 0.2) is 71.1 Å². The number of benzene rings is 2. The minimum Gasteiger partial charge on any atom is -0.510 e. The van der Waals surface area contributed by atoms with E-state index in [1.165, 1.54) is 31.4 Å². The molecule has 2 atom stereocenters. The Morgan fingerprint density at radius 2 is 1.82 bits per heavy atom. The van der Waals surface area contributed by atoms with Crippen molar-refractivity contribution in [2.45, 2.75) is 25.2 Å². The number of aliphatic hydroxyl groups excluding tert-OH is 1. The molecule has 2 unspecified atom stereocenters. The van der Waals surface area contributed by atoms with E-state index in [0.717, 1.165) is 5.56 Å². The first-order valence-electron chi connectivity index (χ1n) is 12.7. The molecule has 1 N–H and O–H groups in total. The Morgan fingerprint density at radius 3 is 2.48 bits per heavy atom. The average molecular weight is 564 g/mol. The lowest BCUT2D eigenvalue weighted by molar-refractivity contribution is -0.129. The minimum atomic E-state index is -1.03. The van der Waals surface area contributed by atoms with Gasteiger partial charge in [0.1, 0.15) is 28.6 Å². The molecule has 0 radical (unpaired) electrons. The first kappa shape index (κ1) is 27.3. The fraction of sp³-hybridized carbons (Fsp3) is 0.267. The normalized spacial score (nSPS) is 19.1. The van der Waals surface area contributed by atoms with Crippen LogP contribution in [0.4, 0.5) is 4.39 Å². The Kier molecular flexibility index (Phi) is 7.58. The van der Waals surface area contributed by atoms with Crippen LogP contribution in [-0.2, 0) is 9.59 Å². The van der Waals surface area contributed by atoms with Gasteiger partial charge in [-0.1, -0.05) is 47.5 Å². The third-order valence-corrected chi connectivity index (χ3v) is 7.43. The predicted octanol–water partition coefficient (Wildman–Crippen LogP) is 5.14. The van der Waals surface area contributed by atoms with Crippen LogP contribution in [0.1, 0.15) is 40.6 Å². The molecule has 10 heteroatoms. The number of pyridine rings is 1. The van der Waals surface area contributed by atoms with Gasteiger partial charge in [-0.15, -0.1) is 0 Å². The molecule has 0 saturated carbocycles. The quantitative estimate of drug-likeness (QED) is 0.417. The van der Waals surface area contributed by atoms with Crippen molar-refractivity contribution in [3.05, 3.63) is 99.3 Å². The Bertz CT molecular complexity index is 1550. The summed E-state index contributed by atoms with van der Waals surface area (Å²) in [4.78, 5) is 37.0. The highest BCUT2D eigenvalue weighted by Gasteiger charge is 2.42. The molecule has 2 aromatic carbocycles. The number of dihydropyridines is 1. The molecular weight excluding hydrogens is 537 g/mol. The number of aliphatic hydroxyl groups is 1.